The number of thiophene rings is 1. The van der Waals surface area contributed by atoms with E-state index in [4.69, 9.17) is 14.0 Å². The van der Waals surface area contributed by atoms with Crippen LogP contribution in [-0.2, 0) is 25.5 Å². The van der Waals surface area contributed by atoms with Gasteiger partial charge >= 0.3 is 5.97 Å². The highest BCUT2D eigenvalue weighted by Gasteiger charge is 2.19. The summed E-state index contributed by atoms with van der Waals surface area (Å²) in [4.78, 5) is 29.7. The van der Waals surface area contributed by atoms with E-state index in [1.54, 1.807) is 18.3 Å². The first kappa shape index (κ1) is 19.1. The Balaban J connectivity index is 1.90. The van der Waals surface area contributed by atoms with E-state index in [-0.39, 0.29) is 25.5 Å². The van der Waals surface area contributed by atoms with E-state index in [0.717, 1.165) is 5.56 Å². The number of aromatic nitrogens is 2. The molecule has 0 spiro atoms. The lowest BCUT2D eigenvalue weighted by atomic mass is 10.2. The van der Waals surface area contributed by atoms with Gasteiger partial charge in [0.2, 0.25) is 17.6 Å². The fraction of sp³-hybridized carbons (Fsp3) is 0.500. The summed E-state index contributed by atoms with van der Waals surface area (Å²) in [6, 6.07) is 1.90. The monoisotopic (exact) mass is 367 g/mol. The molecule has 0 aliphatic carbocycles. The third kappa shape index (κ3) is 5.95. The Morgan fingerprint density at radius 2 is 2.24 bits per heavy atom. The molecule has 0 aliphatic heterocycles. The maximum atomic E-state index is 12.4. The van der Waals surface area contributed by atoms with E-state index in [9.17, 15) is 9.59 Å². The van der Waals surface area contributed by atoms with Crippen molar-refractivity contribution in [1.82, 2.24) is 15.0 Å². The quantitative estimate of drug-likeness (QED) is 0.591. The number of carbonyl (C=O) groups excluding carboxylic acids is 2. The summed E-state index contributed by atoms with van der Waals surface area (Å²) in [7, 11) is 1.54. The van der Waals surface area contributed by atoms with Crippen LogP contribution in [0.25, 0.3) is 11.4 Å². The molecular weight excluding hydrogens is 346 g/mol. The molecule has 2 rings (SSSR count). The summed E-state index contributed by atoms with van der Waals surface area (Å²) >= 11 is 1.54. The lowest BCUT2D eigenvalue weighted by molar-refractivity contribution is -0.149. The molecule has 0 aromatic carbocycles. The van der Waals surface area contributed by atoms with Crippen LogP contribution < -0.4 is 0 Å². The zero-order valence-electron chi connectivity index (χ0n) is 14.3. The maximum absolute atomic E-state index is 12.4. The lowest BCUT2D eigenvalue weighted by Crippen LogP contribution is -2.38. The van der Waals surface area contributed by atoms with Gasteiger partial charge in [-0.05, 0) is 18.4 Å². The minimum absolute atomic E-state index is 0.0972. The first-order chi connectivity index (χ1) is 12.1. The number of methoxy groups -OCH3 is 1. The van der Waals surface area contributed by atoms with Gasteiger partial charge in [0.25, 0.3) is 0 Å². The number of hydrogen-bond donors (Lipinski definition) is 0. The Bertz CT molecular complexity index is 671. The minimum Gasteiger partial charge on any atom is -0.465 e. The van der Waals surface area contributed by atoms with Gasteiger partial charge in [-0.3, -0.25) is 9.59 Å². The van der Waals surface area contributed by atoms with Crippen LogP contribution in [0.15, 0.2) is 21.3 Å². The minimum atomic E-state index is -0.440. The molecule has 0 fully saturated rings. The van der Waals surface area contributed by atoms with Crippen molar-refractivity contribution in [2.45, 2.75) is 19.8 Å². The van der Waals surface area contributed by atoms with Crippen LogP contribution in [0, 0.1) is 0 Å². The average Bonchev–Trinajstić information content (AvgIpc) is 3.27. The van der Waals surface area contributed by atoms with E-state index in [2.05, 4.69) is 10.1 Å². The molecule has 25 heavy (non-hydrogen) atoms. The molecule has 0 unspecified atom stereocenters. The highest BCUT2D eigenvalue weighted by molar-refractivity contribution is 7.08. The first-order valence-electron chi connectivity index (χ1n) is 7.91. The van der Waals surface area contributed by atoms with Crippen LogP contribution in [0.2, 0.25) is 0 Å². The third-order valence-corrected chi connectivity index (χ3v) is 4.03. The number of hydrogen-bond acceptors (Lipinski definition) is 8. The van der Waals surface area contributed by atoms with E-state index < -0.39 is 5.97 Å². The Morgan fingerprint density at radius 1 is 1.40 bits per heavy atom. The van der Waals surface area contributed by atoms with Crippen molar-refractivity contribution in [3.8, 4) is 11.4 Å². The highest BCUT2D eigenvalue weighted by atomic mass is 32.1. The molecule has 0 atom stereocenters. The maximum Gasteiger partial charge on any atom is 0.325 e. The first-order valence-corrected chi connectivity index (χ1v) is 8.85. The number of ether oxygens (including phenoxy) is 2. The molecule has 0 saturated carbocycles. The fourth-order valence-electron chi connectivity index (χ4n) is 2.09. The molecule has 136 valence electrons. The molecule has 0 radical (unpaired) electrons. The fourth-order valence-corrected chi connectivity index (χ4v) is 2.73. The molecule has 2 heterocycles. The summed E-state index contributed by atoms with van der Waals surface area (Å²) in [5, 5.41) is 7.76. The molecule has 2 aromatic rings. The third-order valence-electron chi connectivity index (χ3n) is 3.34. The van der Waals surface area contributed by atoms with Crippen molar-refractivity contribution < 1.29 is 23.6 Å². The Labute approximate surface area is 149 Å². The molecule has 8 nitrogen and oxygen atoms in total. The molecular formula is C16H21N3O5S. The molecule has 0 saturated heterocycles. The molecule has 0 N–H and O–H groups in total. The second-order valence-corrected chi connectivity index (χ2v) is 5.92. The number of nitrogens with zero attached hydrogens (tertiary/aromatic N) is 3. The van der Waals surface area contributed by atoms with Gasteiger partial charge < -0.3 is 18.9 Å². The summed E-state index contributed by atoms with van der Waals surface area (Å²) in [5.41, 5.74) is 0.885. The Morgan fingerprint density at radius 3 is 2.92 bits per heavy atom. The van der Waals surface area contributed by atoms with Crippen LogP contribution in [-0.4, -0.2) is 60.3 Å². The van der Waals surface area contributed by atoms with E-state index in [1.807, 2.05) is 16.8 Å². The van der Waals surface area contributed by atoms with Crippen molar-refractivity contribution >= 4 is 23.2 Å². The molecule has 0 aliphatic rings. The van der Waals surface area contributed by atoms with Gasteiger partial charge in [-0.1, -0.05) is 5.16 Å². The summed E-state index contributed by atoms with van der Waals surface area (Å²) in [6.45, 7) is 2.56. The van der Waals surface area contributed by atoms with E-state index >= 15 is 0 Å². The second kappa shape index (κ2) is 9.90. The Kier molecular flexibility index (Phi) is 7.55. The van der Waals surface area contributed by atoms with E-state index in [0.29, 0.717) is 31.3 Å². The zero-order chi connectivity index (χ0) is 18.1. The number of amides is 1. The average molecular weight is 367 g/mol. The molecule has 0 bridgehead atoms. The van der Waals surface area contributed by atoms with Gasteiger partial charge in [0.15, 0.2) is 0 Å². The summed E-state index contributed by atoms with van der Waals surface area (Å²) in [5.74, 6) is 0.258. The van der Waals surface area contributed by atoms with Gasteiger partial charge in [0, 0.05) is 37.4 Å². The van der Waals surface area contributed by atoms with Crippen molar-refractivity contribution in [3.05, 3.63) is 22.7 Å². The second-order valence-electron chi connectivity index (χ2n) is 5.14. The van der Waals surface area contributed by atoms with Crippen LogP contribution in [0.1, 0.15) is 19.2 Å². The predicted molar refractivity (Wildman–Crippen MR) is 91.0 cm³/mol. The van der Waals surface area contributed by atoms with E-state index in [1.165, 1.54) is 12.0 Å². The highest BCUT2D eigenvalue weighted by Crippen LogP contribution is 2.19. The summed E-state index contributed by atoms with van der Waals surface area (Å²) in [6.07, 6.45) is 0.469. The molecule has 2 aromatic heterocycles. The molecule has 1 amide bonds. The smallest absolute Gasteiger partial charge is 0.325 e. The van der Waals surface area contributed by atoms with Crippen molar-refractivity contribution in [3.63, 3.8) is 0 Å². The number of carbonyl (C=O) groups is 2. The standard InChI is InChI=1S/C16H21N3O5S/c1-3-23-15(21)10-19(7-8-22-2)14(20)5-4-13-17-16(18-24-13)12-6-9-25-11-12/h6,9,11H,3-5,7-8,10H2,1-2H3. The largest absolute Gasteiger partial charge is 0.465 e. The van der Waals surface area contributed by atoms with Crippen LogP contribution >= 0.6 is 11.3 Å². The van der Waals surface area contributed by atoms with Crippen LogP contribution in [0.3, 0.4) is 0 Å². The Hall–Kier alpha value is -2.26. The summed E-state index contributed by atoms with van der Waals surface area (Å²) < 4.78 is 15.1. The van der Waals surface area contributed by atoms with Crippen molar-refractivity contribution in [1.29, 1.82) is 0 Å². The van der Waals surface area contributed by atoms with Gasteiger partial charge in [-0.15, -0.1) is 0 Å². The topological polar surface area (TPSA) is 94.8 Å². The zero-order valence-corrected chi connectivity index (χ0v) is 15.1. The molecule has 9 heteroatoms. The number of aryl methyl sites for hydroxylation is 1. The normalized spacial score (nSPS) is 10.6. The van der Waals surface area contributed by atoms with Gasteiger partial charge in [0.05, 0.1) is 13.2 Å². The number of esters is 1. The van der Waals surface area contributed by atoms with Gasteiger partial charge in [-0.2, -0.15) is 16.3 Å². The number of rotatable bonds is 10. The SMILES string of the molecule is CCOC(=O)CN(CCOC)C(=O)CCc1nc(-c2ccsc2)no1. The van der Waals surface area contributed by atoms with Crippen LogP contribution in [0.4, 0.5) is 0 Å². The predicted octanol–water partition coefficient (Wildman–Crippen LogP) is 1.77. The van der Waals surface area contributed by atoms with Gasteiger partial charge in [0.1, 0.15) is 6.54 Å². The van der Waals surface area contributed by atoms with Crippen molar-refractivity contribution in [2.24, 2.45) is 0 Å². The lowest BCUT2D eigenvalue weighted by Gasteiger charge is -2.21. The van der Waals surface area contributed by atoms with Gasteiger partial charge in [-0.25, -0.2) is 0 Å². The van der Waals surface area contributed by atoms with Crippen molar-refractivity contribution in [2.75, 3.05) is 33.4 Å². The van der Waals surface area contributed by atoms with Crippen LogP contribution in [0.5, 0.6) is 0 Å².